The van der Waals surface area contributed by atoms with E-state index in [1.807, 2.05) is 0 Å². The van der Waals surface area contributed by atoms with Gasteiger partial charge in [-0.15, -0.1) is 0 Å². The van der Waals surface area contributed by atoms with E-state index in [1.165, 1.54) is 36.4 Å². The fourth-order valence-corrected chi connectivity index (χ4v) is 3.50. The summed E-state index contributed by atoms with van der Waals surface area (Å²) in [7, 11) is -3.73. The van der Waals surface area contributed by atoms with E-state index in [0.717, 1.165) is 0 Å². The molecule has 0 radical (unpaired) electrons. The SMILES string of the molecule is O=C(C=Cc1ccccc1F)Nc1cccc(NS(=O)(=O)c2ccccc2)c1. The lowest BCUT2D eigenvalue weighted by Crippen LogP contribution is -2.13. The van der Waals surface area contributed by atoms with Crippen LogP contribution in [0.5, 0.6) is 0 Å². The van der Waals surface area contributed by atoms with Crippen molar-refractivity contribution >= 4 is 33.4 Å². The number of anilines is 2. The van der Waals surface area contributed by atoms with Crippen LogP contribution in [0, 0.1) is 5.82 Å². The van der Waals surface area contributed by atoms with Gasteiger partial charge in [-0.1, -0.05) is 42.5 Å². The summed E-state index contributed by atoms with van der Waals surface area (Å²) in [6.45, 7) is 0. The molecule has 142 valence electrons. The van der Waals surface area contributed by atoms with Crippen molar-refractivity contribution in [1.82, 2.24) is 0 Å². The standard InChI is InChI=1S/C21H17FN2O3S/c22-20-12-5-4-7-16(20)13-14-21(25)23-17-8-6-9-18(15-17)24-28(26,27)19-10-2-1-3-11-19/h1-15,24H,(H,23,25). The Morgan fingerprint density at radius 1 is 0.857 bits per heavy atom. The van der Waals surface area contributed by atoms with Crippen LogP contribution in [-0.2, 0) is 14.8 Å². The van der Waals surface area contributed by atoms with Gasteiger partial charge in [0, 0.05) is 17.3 Å². The molecule has 3 aromatic carbocycles. The van der Waals surface area contributed by atoms with Crippen molar-refractivity contribution in [3.8, 4) is 0 Å². The molecule has 0 aliphatic rings. The van der Waals surface area contributed by atoms with Gasteiger partial charge in [0.15, 0.2) is 0 Å². The number of nitrogens with one attached hydrogen (secondary N) is 2. The molecule has 2 N–H and O–H groups in total. The van der Waals surface area contributed by atoms with Gasteiger partial charge in [-0.25, -0.2) is 12.8 Å². The van der Waals surface area contributed by atoms with Crippen LogP contribution in [0.1, 0.15) is 5.56 Å². The maximum atomic E-state index is 13.6. The summed E-state index contributed by atoms with van der Waals surface area (Å²) in [6, 6.07) is 20.4. The predicted molar refractivity (Wildman–Crippen MR) is 108 cm³/mol. The minimum absolute atomic E-state index is 0.136. The zero-order chi connectivity index (χ0) is 20.0. The molecule has 0 unspecified atom stereocenters. The summed E-state index contributed by atoms with van der Waals surface area (Å²) in [4.78, 5) is 12.2. The third-order valence-corrected chi connectivity index (χ3v) is 5.15. The van der Waals surface area contributed by atoms with Crippen molar-refractivity contribution in [3.63, 3.8) is 0 Å². The molecule has 0 aliphatic carbocycles. The zero-order valence-corrected chi connectivity index (χ0v) is 15.5. The normalized spacial score (nSPS) is 11.3. The highest BCUT2D eigenvalue weighted by atomic mass is 32.2. The second-order valence-electron chi connectivity index (χ2n) is 5.84. The summed E-state index contributed by atoms with van der Waals surface area (Å²) in [6.07, 6.45) is 2.58. The van der Waals surface area contributed by atoms with E-state index in [9.17, 15) is 17.6 Å². The molecular formula is C21H17FN2O3S. The van der Waals surface area contributed by atoms with Gasteiger partial charge < -0.3 is 5.32 Å². The van der Waals surface area contributed by atoms with Gasteiger partial charge in [-0.2, -0.15) is 0 Å². The molecule has 0 saturated carbocycles. The highest BCUT2D eigenvalue weighted by Gasteiger charge is 2.13. The average molecular weight is 396 g/mol. The van der Waals surface area contributed by atoms with Crippen molar-refractivity contribution in [2.45, 2.75) is 4.90 Å². The molecule has 0 heterocycles. The van der Waals surface area contributed by atoms with Crippen LogP contribution in [0.4, 0.5) is 15.8 Å². The highest BCUT2D eigenvalue weighted by Crippen LogP contribution is 2.19. The first-order valence-electron chi connectivity index (χ1n) is 8.35. The van der Waals surface area contributed by atoms with Gasteiger partial charge in [0.25, 0.3) is 10.0 Å². The summed E-state index contributed by atoms with van der Waals surface area (Å²) in [5.74, 6) is -0.893. The molecule has 0 aromatic heterocycles. The van der Waals surface area contributed by atoms with Crippen LogP contribution < -0.4 is 10.0 Å². The maximum Gasteiger partial charge on any atom is 0.261 e. The van der Waals surface area contributed by atoms with Crippen LogP contribution >= 0.6 is 0 Å². The topological polar surface area (TPSA) is 75.3 Å². The lowest BCUT2D eigenvalue weighted by molar-refractivity contribution is -0.111. The van der Waals surface area contributed by atoms with Gasteiger partial charge >= 0.3 is 0 Å². The first-order valence-corrected chi connectivity index (χ1v) is 9.84. The van der Waals surface area contributed by atoms with Crippen LogP contribution in [0.25, 0.3) is 6.08 Å². The fourth-order valence-electron chi connectivity index (χ4n) is 2.43. The Morgan fingerprint density at radius 3 is 2.29 bits per heavy atom. The van der Waals surface area contributed by atoms with Crippen LogP contribution in [0.15, 0.2) is 89.8 Å². The first kappa shape index (κ1) is 19.3. The third kappa shape index (κ3) is 5.05. The second-order valence-corrected chi connectivity index (χ2v) is 7.53. The Hall–Kier alpha value is -3.45. The van der Waals surface area contributed by atoms with E-state index in [1.54, 1.807) is 54.6 Å². The summed E-state index contributed by atoms with van der Waals surface area (Å²) in [5.41, 5.74) is 0.998. The molecule has 0 spiro atoms. The van der Waals surface area contributed by atoms with E-state index in [2.05, 4.69) is 10.0 Å². The summed E-state index contributed by atoms with van der Waals surface area (Å²) < 4.78 is 40.8. The average Bonchev–Trinajstić information content (AvgIpc) is 2.68. The summed E-state index contributed by atoms with van der Waals surface area (Å²) >= 11 is 0. The molecule has 0 bridgehead atoms. The van der Waals surface area contributed by atoms with Gasteiger partial charge in [0.2, 0.25) is 5.91 Å². The molecule has 7 heteroatoms. The summed E-state index contributed by atoms with van der Waals surface area (Å²) in [5, 5.41) is 2.61. The number of sulfonamides is 1. The molecule has 0 fully saturated rings. The smallest absolute Gasteiger partial charge is 0.261 e. The number of carbonyl (C=O) groups is 1. The molecule has 0 saturated heterocycles. The van der Waals surface area contributed by atoms with Crippen LogP contribution in [0.3, 0.4) is 0 Å². The van der Waals surface area contributed by atoms with Gasteiger partial charge in [0.05, 0.1) is 10.6 Å². The number of hydrogen-bond acceptors (Lipinski definition) is 3. The van der Waals surface area contributed by atoms with Gasteiger partial charge in [0.1, 0.15) is 5.82 Å². The van der Waals surface area contributed by atoms with E-state index < -0.39 is 21.7 Å². The molecule has 28 heavy (non-hydrogen) atoms. The minimum atomic E-state index is -3.73. The van der Waals surface area contributed by atoms with E-state index in [4.69, 9.17) is 0 Å². The predicted octanol–water partition coefficient (Wildman–Crippen LogP) is 4.28. The quantitative estimate of drug-likeness (QED) is 0.611. The molecule has 3 rings (SSSR count). The Bertz CT molecular complexity index is 1110. The Kier molecular flexibility index (Phi) is 5.86. The van der Waals surface area contributed by atoms with Crippen molar-refractivity contribution in [3.05, 3.63) is 96.3 Å². The Labute approximate surface area is 162 Å². The number of benzene rings is 3. The third-order valence-electron chi connectivity index (χ3n) is 3.76. The second kappa shape index (κ2) is 8.49. The monoisotopic (exact) mass is 396 g/mol. The molecule has 0 atom stereocenters. The van der Waals surface area contributed by atoms with Crippen molar-refractivity contribution in [1.29, 1.82) is 0 Å². The van der Waals surface area contributed by atoms with Crippen LogP contribution in [0.2, 0.25) is 0 Å². The lowest BCUT2D eigenvalue weighted by Gasteiger charge is -2.10. The highest BCUT2D eigenvalue weighted by molar-refractivity contribution is 7.92. The number of rotatable bonds is 6. The molecule has 1 amide bonds. The molecule has 0 aliphatic heterocycles. The number of carbonyl (C=O) groups excluding carboxylic acids is 1. The van der Waals surface area contributed by atoms with Gasteiger partial charge in [-0.3, -0.25) is 9.52 Å². The van der Waals surface area contributed by atoms with E-state index >= 15 is 0 Å². The van der Waals surface area contributed by atoms with E-state index in [-0.39, 0.29) is 4.90 Å². The largest absolute Gasteiger partial charge is 0.322 e. The van der Waals surface area contributed by atoms with Crippen LogP contribution in [-0.4, -0.2) is 14.3 Å². The molecular weight excluding hydrogens is 379 g/mol. The number of halogens is 1. The Balaban J connectivity index is 1.70. The number of amides is 1. The van der Waals surface area contributed by atoms with E-state index in [0.29, 0.717) is 16.9 Å². The van der Waals surface area contributed by atoms with Crippen molar-refractivity contribution in [2.24, 2.45) is 0 Å². The lowest BCUT2D eigenvalue weighted by atomic mass is 10.2. The van der Waals surface area contributed by atoms with Crippen molar-refractivity contribution in [2.75, 3.05) is 10.0 Å². The fraction of sp³-hybridized carbons (Fsp3) is 0. The van der Waals surface area contributed by atoms with Gasteiger partial charge in [-0.05, 0) is 42.5 Å². The molecule has 5 nitrogen and oxygen atoms in total. The van der Waals surface area contributed by atoms with Crippen molar-refractivity contribution < 1.29 is 17.6 Å². The Morgan fingerprint density at radius 2 is 1.54 bits per heavy atom. The molecule has 3 aromatic rings. The number of hydrogen-bond donors (Lipinski definition) is 2. The minimum Gasteiger partial charge on any atom is -0.322 e. The maximum absolute atomic E-state index is 13.6. The first-order chi connectivity index (χ1) is 13.4. The zero-order valence-electron chi connectivity index (χ0n) is 14.7.